The van der Waals surface area contributed by atoms with Crippen LogP contribution in [0.1, 0.15) is 12.8 Å². The summed E-state index contributed by atoms with van der Waals surface area (Å²) in [7, 11) is 0. The topological polar surface area (TPSA) is 59.0 Å². The number of ketones is 1. The number of anilines is 1. The van der Waals surface area contributed by atoms with Crippen molar-refractivity contribution in [3.63, 3.8) is 0 Å². The molecule has 1 fully saturated rings. The molecular formula is C20H17ClN4O. The Kier molecular flexibility index (Phi) is 4.63. The molecule has 0 N–H and O–H groups in total. The zero-order valence-electron chi connectivity index (χ0n) is 14.1. The van der Waals surface area contributed by atoms with Gasteiger partial charge in [0, 0.05) is 48.8 Å². The summed E-state index contributed by atoms with van der Waals surface area (Å²) in [5.41, 5.74) is 2.39. The van der Waals surface area contributed by atoms with Gasteiger partial charge in [0.25, 0.3) is 0 Å². The number of halogens is 1. The van der Waals surface area contributed by atoms with Crippen molar-refractivity contribution in [3.8, 4) is 22.8 Å². The van der Waals surface area contributed by atoms with Crippen LogP contribution >= 0.6 is 11.6 Å². The van der Waals surface area contributed by atoms with Crippen LogP contribution in [-0.2, 0) is 4.79 Å². The summed E-state index contributed by atoms with van der Waals surface area (Å²) in [5, 5.41) is 0.638. The van der Waals surface area contributed by atoms with Crippen molar-refractivity contribution in [2.45, 2.75) is 12.8 Å². The largest absolute Gasteiger partial charge is 0.356 e. The van der Waals surface area contributed by atoms with E-state index >= 15 is 0 Å². The second-order valence-corrected chi connectivity index (χ2v) is 6.62. The molecule has 0 aliphatic carbocycles. The van der Waals surface area contributed by atoms with Crippen LogP contribution in [0.5, 0.6) is 0 Å². The highest BCUT2D eigenvalue weighted by molar-refractivity contribution is 6.30. The first-order chi connectivity index (χ1) is 12.7. The Balaban J connectivity index is 1.80. The number of carbonyl (C=O) groups is 1. The van der Waals surface area contributed by atoms with Crippen LogP contribution in [0.15, 0.2) is 54.7 Å². The number of aromatic nitrogens is 3. The summed E-state index contributed by atoms with van der Waals surface area (Å²) in [6, 6.07) is 15.2. The van der Waals surface area contributed by atoms with Gasteiger partial charge in [-0.15, -0.1) is 0 Å². The lowest BCUT2D eigenvalue weighted by Gasteiger charge is -2.27. The number of piperidine rings is 1. The van der Waals surface area contributed by atoms with E-state index in [0.29, 0.717) is 42.6 Å². The summed E-state index contributed by atoms with van der Waals surface area (Å²) in [6.07, 6.45) is 2.85. The summed E-state index contributed by atoms with van der Waals surface area (Å²) < 4.78 is 0. The molecule has 3 aromatic rings. The molecule has 4 rings (SSSR count). The third kappa shape index (κ3) is 3.58. The number of rotatable bonds is 3. The van der Waals surface area contributed by atoms with Crippen LogP contribution in [0.25, 0.3) is 22.8 Å². The first-order valence-electron chi connectivity index (χ1n) is 8.52. The molecule has 0 radical (unpaired) electrons. The van der Waals surface area contributed by atoms with E-state index in [0.717, 1.165) is 22.8 Å². The molecule has 6 heteroatoms. The van der Waals surface area contributed by atoms with Crippen LogP contribution in [0.2, 0.25) is 5.02 Å². The molecule has 0 saturated carbocycles. The highest BCUT2D eigenvalue weighted by atomic mass is 35.5. The Morgan fingerprint density at radius 1 is 0.923 bits per heavy atom. The minimum Gasteiger partial charge on any atom is -0.356 e. The van der Waals surface area contributed by atoms with Gasteiger partial charge in [-0.3, -0.25) is 9.78 Å². The lowest BCUT2D eigenvalue weighted by atomic mass is 10.1. The number of benzene rings is 1. The Hall–Kier alpha value is -2.79. The number of hydrogen-bond donors (Lipinski definition) is 0. The highest BCUT2D eigenvalue weighted by Gasteiger charge is 2.20. The Bertz CT molecular complexity index is 936. The molecule has 3 heterocycles. The first kappa shape index (κ1) is 16.7. The standard InChI is InChI=1S/C20H17ClN4O/c21-15-5-3-4-14(12-15)20-23-18(17-6-1-2-9-22-17)13-19(24-20)25-10-7-16(26)8-11-25/h1-6,9,12-13H,7-8,10-11H2. The van der Waals surface area contributed by atoms with Crippen LogP contribution in [0.3, 0.4) is 0 Å². The van der Waals surface area contributed by atoms with Gasteiger partial charge in [0.2, 0.25) is 0 Å². The van der Waals surface area contributed by atoms with Gasteiger partial charge in [-0.1, -0.05) is 29.8 Å². The summed E-state index contributed by atoms with van der Waals surface area (Å²) in [5.74, 6) is 1.71. The van der Waals surface area contributed by atoms with Crippen LogP contribution in [0, 0.1) is 0 Å². The average molecular weight is 365 g/mol. The second kappa shape index (κ2) is 7.22. The van der Waals surface area contributed by atoms with Crippen molar-refractivity contribution in [2.24, 2.45) is 0 Å². The number of carbonyl (C=O) groups excluding carboxylic acids is 1. The predicted octanol–water partition coefficient (Wildman–Crippen LogP) is 4.03. The maximum atomic E-state index is 11.6. The van der Waals surface area contributed by atoms with E-state index < -0.39 is 0 Å². The summed E-state index contributed by atoms with van der Waals surface area (Å²) in [6.45, 7) is 1.35. The van der Waals surface area contributed by atoms with Crippen LogP contribution in [-0.4, -0.2) is 33.8 Å². The van der Waals surface area contributed by atoms with Crippen molar-refractivity contribution in [2.75, 3.05) is 18.0 Å². The van der Waals surface area contributed by atoms with Crippen molar-refractivity contribution in [1.29, 1.82) is 0 Å². The van der Waals surface area contributed by atoms with Gasteiger partial charge in [0.1, 0.15) is 11.6 Å². The molecule has 0 unspecified atom stereocenters. The molecule has 2 aromatic heterocycles. The van der Waals surface area contributed by atoms with E-state index in [1.165, 1.54) is 0 Å². The molecular weight excluding hydrogens is 348 g/mol. The quantitative estimate of drug-likeness (QED) is 0.702. The molecule has 1 aliphatic heterocycles. The van der Waals surface area contributed by atoms with E-state index in [1.807, 2.05) is 48.5 Å². The third-order valence-electron chi connectivity index (χ3n) is 4.37. The molecule has 130 valence electrons. The fraction of sp³-hybridized carbons (Fsp3) is 0.200. The maximum Gasteiger partial charge on any atom is 0.162 e. The maximum absolute atomic E-state index is 11.6. The van der Waals surface area contributed by atoms with Gasteiger partial charge in [0.15, 0.2) is 5.82 Å². The van der Waals surface area contributed by atoms with Crippen molar-refractivity contribution >= 4 is 23.2 Å². The van der Waals surface area contributed by atoms with E-state index in [4.69, 9.17) is 21.6 Å². The SMILES string of the molecule is O=C1CCN(c2cc(-c3ccccn3)nc(-c3cccc(Cl)c3)n2)CC1. The normalized spacial score (nSPS) is 14.5. The number of hydrogen-bond acceptors (Lipinski definition) is 5. The van der Waals surface area contributed by atoms with Crippen LogP contribution < -0.4 is 4.90 Å². The molecule has 0 bridgehead atoms. The minimum atomic E-state index is 0.301. The van der Waals surface area contributed by atoms with Gasteiger partial charge in [-0.25, -0.2) is 9.97 Å². The van der Waals surface area contributed by atoms with Gasteiger partial charge in [-0.2, -0.15) is 0 Å². The summed E-state index contributed by atoms with van der Waals surface area (Å²) in [4.78, 5) is 27.5. The molecule has 0 amide bonds. The van der Waals surface area contributed by atoms with Gasteiger partial charge < -0.3 is 4.90 Å². The van der Waals surface area contributed by atoms with Crippen molar-refractivity contribution in [3.05, 3.63) is 59.8 Å². The molecule has 26 heavy (non-hydrogen) atoms. The first-order valence-corrected chi connectivity index (χ1v) is 8.90. The number of Topliss-reactive ketones (excluding diaryl/α,β-unsaturated/α-hetero) is 1. The average Bonchev–Trinajstić information content (AvgIpc) is 2.69. The van der Waals surface area contributed by atoms with E-state index in [-0.39, 0.29) is 0 Å². The van der Waals surface area contributed by atoms with E-state index in [9.17, 15) is 4.79 Å². The number of pyridine rings is 1. The number of nitrogens with zero attached hydrogens (tertiary/aromatic N) is 4. The zero-order chi connectivity index (χ0) is 17.9. The van der Waals surface area contributed by atoms with Gasteiger partial charge in [-0.05, 0) is 24.3 Å². The molecule has 5 nitrogen and oxygen atoms in total. The molecule has 0 spiro atoms. The lowest BCUT2D eigenvalue weighted by molar-refractivity contribution is -0.119. The van der Waals surface area contributed by atoms with Gasteiger partial charge in [0.05, 0.1) is 11.4 Å². The molecule has 1 saturated heterocycles. The zero-order valence-corrected chi connectivity index (χ0v) is 14.9. The molecule has 1 aromatic carbocycles. The Labute approximate surface area is 156 Å². The molecule has 1 aliphatic rings. The Morgan fingerprint density at radius 3 is 2.50 bits per heavy atom. The minimum absolute atomic E-state index is 0.301. The second-order valence-electron chi connectivity index (χ2n) is 6.19. The lowest BCUT2D eigenvalue weighted by Crippen LogP contribution is -2.34. The molecule has 0 atom stereocenters. The monoisotopic (exact) mass is 364 g/mol. The van der Waals surface area contributed by atoms with Crippen molar-refractivity contribution in [1.82, 2.24) is 15.0 Å². The van der Waals surface area contributed by atoms with E-state index in [1.54, 1.807) is 6.20 Å². The summed E-state index contributed by atoms with van der Waals surface area (Å²) >= 11 is 6.14. The smallest absolute Gasteiger partial charge is 0.162 e. The predicted molar refractivity (Wildman–Crippen MR) is 102 cm³/mol. The van der Waals surface area contributed by atoms with E-state index in [2.05, 4.69) is 9.88 Å². The fourth-order valence-corrected chi connectivity index (χ4v) is 3.17. The Morgan fingerprint density at radius 2 is 1.77 bits per heavy atom. The third-order valence-corrected chi connectivity index (χ3v) is 4.60. The fourth-order valence-electron chi connectivity index (χ4n) is 2.98. The van der Waals surface area contributed by atoms with Crippen molar-refractivity contribution < 1.29 is 4.79 Å². The van der Waals surface area contributed by atoms with Crippen LogP contribution in [0.4, 0.5) is 5.82 Å². The van der Waals surface area contributed by atoms with Gasteiger partial charge >= 0.3 is 0 Å². The highest BCUT2D eigenvalue weighted by Crippen LogP contribution is 2.27.